The minimum absolute atomic E-state index is 0.0224. The molecule has 9 heteroatoms. The summed E-state index contributed by atoms with van der Waals surface area (Å²) in [6.07, 6.45) is 2.18. The van der Waals surface area contributed by atoms with Gasteiger partial charge in [-0.2, -0.15) is 4.33 Å². The maximum Gasteiger partial charge on any atom is 0.223 e. The number of amides is 1. The van der Waals surface area contributed by atoms with Crippen molar-refractivity contribution >= 4 is 39.5 Å². The van der Waals surface area contributed by atoms with Crippen LogP contribution in [-0.2, 0) is 14.0 Å². The molecule has 0 spiro atoms. The van der Waals surface area contributed by atoms with Gasteiger partial charge in [-0.1, -0.05) is 21.6 Å². The summed E-state index contributed by atoms with van der Waals surface area (Å²) in [5.74, 6) is 5.98. The van der Waals surface area contributed by atoms with Crippen molar-refractivity contribution in [2.24, 2.45) is 5.90 Å². The van der Waals surface area contributed by atoms with Crippen molar-refractivity contribution in [2.45, 2.75) is 50.2 Å². The van der Waals surface area contributed by atoms with Gasteiger partial charge in [-0.15, -0.1) is 0 Å². The third-order valence-electron chi connectivity index (χ3n) is 2.84. The van der Waals surface area contributed by atoms with Gasteiger partial charge in [0, 0.05) is 24.0 Å². The van der Waals surface area contributed by atoms with Gasteiger partial charge in [0.2, 0.25) is 5.91 Å². The molecular formula is C12H26N2O4S3. The monoisotopic (exact) mass is 358 g/mol. The molecule has 0 aliphatic rings. The molecule has 0 saturated carbocycles. The van der Waals surface area contributed by atoms with Gasteiger partial charge < -0.3 is 9.74 Å². The molecule has 21 heavy (non-hydrogen) atoms. The van der Waals surface area contributed by atoms with Crippen LogP contribution in [0.2, 0.25) is 0 Å². The summed E-state index contributed by atoms with van der Waals surface area (Å²) in [5, 5.41) is 8.17. The fraction of sp³-hybridized carbons (Fsp3) is 0.917. The van der Waals surface area contributed by atoms with Gasteiger partial charge in [0.15, 0.2) is 0 Å². The Labute approximate surface area is 139 Å². The van der Waals surface area contributed by atoms with Crippen molar-refractivity contribution in [2.75, 3.05) is 19.4 Å². The molecule has 0 heterocycles. The molecule has 0 aliphatic heterocycles. The second-order valence-corrected chi connectivity index (χ2v) is 9.31. The van der Waals surface area contributed by atoms with Gasteiger partial charge in [0.1, 0.15) is 5.37 Å². The second kappa shape index (κ2) is 11.9. The fourth-order valence-corrected chi connectivity index (χ4v) is 4.36. The molecule has 0 rings (SSSR count). The van der Waals surface area contributed by atoms with Crippen LogP contribution < -0.4 is 5.90 Å². The zero-order chi connectivity index (χ0) is 16.3. The molecule has 0 unspecified atom stereocenters. The van der Waals surface area contributed by atoms with E-state index in [1.807, 2.05) is 0 Å². The van der Waals surface area contributed by atoms with Gasteiger partial charge in [-0.05, 0) is 33.6 Å². The first-order valence-electron chi connectivity index (χ1n) is 6.69. The number of hydrogen-bond acceptors (Lipinski definition) is 8. The number of carbonyl (C=O) groups is 1. The van der Waals surface area contributed by atoms with Crippen molar-refractivity contribution in [1.82, 2.24) is 4.90 Å². The van der Waals surface area contributed by atoms with Crippen LogP contribution in [0.4, 0.5) is 0 Å². The van der Waals surface area contributed by atoms with E-state index in [4.69, 9.17) is 11.2 Å². The summed E-state index contributed by atoms with van der Waals surface area (Å²) in [6.45, 7) is 6.63. The lowest BCUT2D eigenvalue weighted by molar-refractivity contribution is -0.132. The number of nitrogens with zero attached hydrogens (tertiary/aromatic N) is 1. The lowest BCUT2D eigenvalue weighted by atomic mass is 10.1. The summed E-state index contributed by atoms with van der Waals surface area (Å²) in [7, 11) is 5.26. The Hall–Kier alpha value is 0.360. The Morgan fingerprint density at radius 3 is 2.71 bits per heavy atom. The first kappa shape index (κ1) is 21.4. The Balaban J connectivity index is 3.97. The van der Waals surface area contributed by atoms with Crippen molar-refractivity contribution in [3.8, 4) is 0 Å². The third-order valence-corrected chi connectivity index (χ3v) is 6.95. The number of nitrogens with two attached hydrogens (primary N) is 1. The molecule has 0 aliphatic carbocycles. The van der Waals surface area contributed by atoms with E-state index >= 15 is 0 Å². The van der Waals surface area contributed by atoms with Gasteiger partial charge in [0.05, 0.1) is 18.6 Å². The van der Waals surface area contributed by atoms with E-state index in [9.17, 15) is 4.79 Å². The fourth-order valence-electron chi connectivity index (χ4n) is 1.36. The number of carbonyl (C=O) groups excluding carboxylic acids is 1. The molecule has 0 radical (unpaired) electrons. The summed E-state index contributed by atoms with van der Waals surface area (Å²) < 4.78 is 4.02. The lowest BCUT2D eigenvalue weighted by Crippen LogP contribution is -2.34. The normalized spacial score (nSPS) is 13.2. The number of hydrogen-bond donors (Lipinski definition) is 2. The van der Waals surface area contributed by atoms with Crippen LogP contribution in [0.5, 0.6) is 0 Å². The predicted octanol–water partition coefficient (Wildman–Crippen LogP) is 3.15. The van der Waals surface area contributed by atoms with Gasteiger partial charge in [-0.25, -0.2) is 11.2 Å². The minimum atomic E-state index is -0.219. The average molecular weight is 359 g/mol. The molecule has 0 saturated heterocycles. The molecule has 0 aromatic rings. The zero-order valence-electron chi connectivity index (χ0n) is 13.0. The quantitative estimate of drug-likeness (QED) is 0.137. The molecule has 0 aromatic heterocycles. The van der Waals surface area contributed by atoms with Crippen LogP contribution in [0.15, 0.2) is 0 Å². The third kappa shape index (κ3) is 10.7. The summed E-state index contributed by atoms with van der Waals surface area (Å²) in [5.41, 5.74) is 0. The Bertz CT molecular complexity index is 296. The van der Waals surface area contributed by atoms with Gasteiger partial charge in [-0.3, -0.25) is 4.79 Å². The van der Waals surface area contributed by atoms with Crippen molar-refractivity contribution in [3.05, 3.63) is 0 Å². The maximum atomic E-state index is 12.1. The highest BCUT2D eigenvalue weighted by atomic mass is 33.1. The van der Waals surface area contributed by atoms with E-state index in [-0.39, 0.29) is 16.0 Å². The van der Waals surface area contributed by atoms with Crippen LogP contribution in [-0.4, -0.2) is 45.6 Å². The van der Waals surface area contributed by atoms with Crippen LogP contribution in [0.25, 0.3) is 0 Å². The van der Waals surface area contributed by atoms with E-state index in [1.54, 1.807) is 40.5 Å². The minimum Gasteiger partial charge on any atom is -0.332 e. The second-order valence-electron chi connectivity index (χ2n) is 5.16. The molecule has 6 nitrogen and oxygen atoms in total. The van der Waals surface area contributed by atoms with Gasteiger partial charge >= 0.3 is 0 Å². The van der Waals surface area contributed by atoms with Crippen LogP contribution in [0.3, 0.4) is 0 Å². The first-order chi connectivity index (χ1) is 9.84. The molecule has 3 N–H and O–H groups in total. The highest BCUT2D eigenvalue weighted by Gasteiger charge is 2.23. The molecule has 1 atom stereocenters. The predicted molar refractivity (Wildman–Crippen MR) is 91.7 cm³/mol. The average Bonchev–Trinajstić information content (AvgIpc) is 2.44. The molecule has 126 valence electrons. The SMILES string of the molecule is C[C@@H](SOO)N(C)C(=O)CCC(C)(C)SSCCCON. The Kier molecular flexibility index (Phi) is 12.1. The van der Waals surface area contributed by atoms with Crippen LogP contribution >= 0.6 is 33.6 Å². The van der Waals surface area contributed by atoms with Crippen LogP contribution in [0.1, 0.15) is 40.0 Å². The standard InChI is InChI=1S/C12H26N2O4S3/c1-10(20-18-16)14(4)11(15)6-7-12(2,3)21-19-9-5-8-17-13/h10,16H,5-9,13H2,1-4H3/t10-/m1/s1. The van der Waals surface area contributed by atoms with Crippen molar-refractivity contribution < 1.29 is 19.2 Å². The smallest absolute Gasteiger partial charge is 0.223 e. The van der Waals surface area contributed by atoms with E-state index in [0.717, 1.165) is 30.6 Å². The molecular weight excluding hydrogens is 332 g/mol. The van der Waals surface area contributed by atoms with E-state index in [0.29, 0.717) is 13.0 Å². The molecule has 0 aromatic carbocycles. The summed E-state index contributed by atoms with van der Waals surface area (Å²) >= 11 is 0.852. The Morgan fingerprint density at radius 2 is 2.14 bits per heavy atom. The Morgan fingerprint density at radius 1 is 1.48 bits per heavy atom. The maximum absolute atomic E-state index is 12.1. The highest BCUT2D eigenvalue weighted by Crippen LogP contribution is 2.39. The van der Waals surface area contributed by atoms with Crippen molar-refractivity contribution in [3.63, 3.8) is 0 Å². The lowest BCUT2D eigenvalue weighted by Gasteiger charge is -2.26. The molecule has 0 bridgehead atoms. The molecule has 1 amide bonds. The zero-order valence-corrected chi connectivity index (χ0v) is 15.5. The largest absolute Gasteiger partial charge is 0.332 e. The van der Waals surface area contributed by atoms with Gasteiger partial charge in [0.25, 0.3) is 0 Å². The van der Waals surface area contributed by atoms with E-state index in [1.165, 1.54) is 0 Å². The molecule has 0 fully saturated rings. The summed E-state index contributed by atoms with van der Waals surface area (Å²) in [6, 6.07) is 0. The van der Waals surface area contributed by atoms with Crippen molar-refractivity contribution in [1.29, 1.82) is 0 Å². The summed E-state index contributed by atoms with van der Waals surface area (Å²) in [4.78, 5) is 18.1. The van der Waals surface area contributed by atoms with Crippen LogP contribution in [0, 0.1) is 0 Å². The topological polar surface area (TPSA) is 85.0 Å². The highest BCUT2D eigenvalue weighted by molar-refractivity contribution is 8.77. The number of rotatable bonds is 12. The van der Waals surface area contributed by atoms with E-state index < -0.39 is 0 Å². The first-order valence-corrected chi connectivity index (χ1v) is 9.81. The van der Waals surface area contributed by atoms with E-state index in [2.05, 4.69) is 23.0 Å².